The van der Waals surface area contributed by atoms with Gasteiger partial charge in [0.15, 0.2) is 17.3 Å². The number of rotatable bonds is 6. The van der Waals surface area contributed by atoms with Gasteiger partial charge in [0.1, 0.15) is 17.9 Å². The lowest BCUT2D eigenvalue weighted by atomic mass is 9.89. The molecule has 2 saturated carbocycles. The van der Waals surface area contributed by atoms with Crippen molar-refractivity contribution in [3.05, 3.63) is 40.4 Å². The minimum Gasteiger partial charge on any atom is -0.485 e. The van der Waals surface area contributed by atoms with Gasteiger partial charge in [-0.3, -0.25) is 9.59 Å². The number of hydrogen-bond acceptors (Lipinski definition) is 9. The largest absolute Gasteiger partial charge is 0.485 e. The van der Waals surface area contributed by atoms with Gasteiger partial charge in [0.25, 0.3) is 11.5 Å². The second-order valence-electron chi connectivity index (χ2n) is 9.75. The quantitative estimate of drug-likeness (QED) is 0.463. The molecule has 7 rings (SSSR count). The third-order valence-electron chi connectivity index (χ3n) is 7.77. The summed E-state index contributed by atoms with van der Waals surface area (Å²) in [5.74, 6) is 1.91. The van der Waals surface area contributed by atoms with Gasteiger partial charge in [-0.2, -0.15) is 9.61 Å². The van der Waals surface area contributed by atoms with Crippen molar-refractivity contribution in [2.75, 3.05) is 44.1 Å². The second kappa shape index (κ2) is 8.20. The molecule has 2 aliphatic carbocycles. The first-order valence-corrected chi connectivity index (χ1v) is 12.3. The number of amides is 1. The molecule has 0 spiro atoms. The fourth-order valence-corrected chi connectivity index (χ4v) is 5.59. The number of anilines is 3. The summed E-state index contributed by atoms with van der Waals surface area (Å²) in [6.45, 7) is 2.41. The molecular weight excluding hydrogens is 466 g/mol. The highest BCUT2D eigenvalue weighted by atomic mass is 16.5. The molecule has 0 aromatic carbocycles. The molecule has 1 amide bonds. The van der Waals surface area contributed by atoms with Gasteiger partial charge in [-0.05, 0) is 25.0 Å². The molecule has 0 radical (unpaired) electrons. The van der Waals surface area contributed by atoms with Crippen molar-refractivity contribution >= 4 is 28.9 Å². The first-order valence-electron chi connectivity index (χ1n) is 12.3. The van der Waals surface area contributed by atoms with Crippen LogP contribution in [0.4, 0.5) is 17.3 Å². The highest BCUT2D eigenvalue weighted by molar-refractivity contribution is 6.00. The predicted molar refractivity (Wildman–Crippen MR) is 129 cm³/mol. The van der Waals surface area contributed by atoms with Crippen LogP contribution in [0.5, 0.6) is 5.75 Å². The van der Waals surface area contributed by atoms with Crippen molar-refractivity contribution in [2.24, 2.45) is 11.8 Å². The van der Waals surface area contributed by atoms with Crippen LogP contribution in [0.2, 0.25) is 0 Å². The number of carbonyl (C=O) groups excluding carboxylic acids is 1. The molecule has 1 unspecified atom stereocenters. The van der Waals surface area contributed by atoms with Gasteiger partial charge >= 0.3 is 0 Å². The number of fused-ring (bicyclic) bond motifs is 4. The van der Waals surface area contributed by atoms with E-state index in [1.807, 2.05) is 12.3 Å². The molecule has 0 bridgehead atoms. The van der Waals surface area contributed by atoms with Crippen LogP contribution in [0, 0.1) is 11.8 Å². The minimum absolute atomic E-state index is 0.0154. The Morgan fingerprint density at radius 1 is 1.28 bits per heavy atom. The lowest BCUT2D eigenvalue weighted by Gasteiger charge is -2.35. The average molecular weight is 494 g/mol. The van der Waals surface area contributed by atoms with Crippen LogP contribution in [0.3, 0.4) is 0 Å². The van der Waals surface area contributed by atoms with E-state index in [4.69, 9.17) is 19.2 Å². The number of carbonyl (C=O) groups is 1. The van der Waals surface area contributed by atoms with Crippen LogP contribution in [0.25, 0.3) is 5.65 Å². The number of hydrogen-bond donors (Lipinski definition) is 3. The molecule has 188 valence electrons. The molecule has 12 nitrogen and oxygen atoms in total. The predicted octanol–water partition coefficient (Wildman–Crippen LogP) is 1.16. The summed E-state index contributed by atoms with van der Waals surface area (Å²) >= 11 is 0. The van der Waals surface area contributed by atoms with Gasteiger partial charge in [-0.25, -0.2) is 4.98 Å². The van der Waals surface area contributed by atoms with E-state index in [9.17, 15) is 9.59 Å². The van der Waals surface area contributed by atoms with Crippen molar-refractivity contribution in [2.45, 2.75) is 31.0 Å². The summed E-state index contributed by atoms with van der Waals surface area (Å²) in [4.78, 5) is 31.2. The van der Waals surface area contributed by atoms with Crippen LogP contribution in [0.15, 0.2) is 29.3 Å². The lowest BCUT2D eigenvalue weighted by Crippen LogP contribution is -2.51. The molecule has 4 aliphatic rings. The summed E-state index contributed by atoms with van der Waals surface area (Å²) < 4.78 is 20.2. The highest BCUT2D eigenvalue weighted by Gasteiger charge is 2.55. The molecule has 5 atom stereocenters. The summed E-state index contributed by atoms with van der Waals surface area (Å²) in [6, 6.07) is 3.71. The highest BCUT2D eigenvalue weighted by Crippen LogP contribution is 2.53. The van der Waals surface area contributed by atoms with Crippen molar-refractivity contribution < 1.29 is 19.0 Å². The fourth-order valence-electron chi connectivity index (χ4n) is 5.59. The van der Waals surface area contributed by atoms with Gasteiger partial charge < -0.3 is 34.7 Å². The van der Waals surface area contributed by atoms with Gasteiger partial charge in [-0.15, -0.1) is 0 Å². The number of pyridine rings is 1. The number of aromatic nitrogens is 4. The van der Waals surface area contributed by atoms with E-state index in [0.717, 1.165) is 12.8 Å². The summed E-state index contributed by atoms with van der Waals surface area (Å²) in [5.41, 5.74) is 0.967. The first kappa shape index (κ1) is 21.6. The number of ether oxygens (including phenoxy) is 3. The molecule has 36 heavy (non-hydrogen) atoms. The zero-order chi connectivity index (χ0) is 24.4. The van der Waals surface area contributed by atoms with Gasteiger partial charge in [0, 0.05) is 31.2 Å². The van der Waals surface area contributed by atoms with Crippen LogP contribution in [-0.4, -0.2) is 70.7 Å². The molecule has 5 heterocycles. The van der Waals surface area contributed by atoms with E-state index in [1.165, 1.54) is 6.20 Å². The summed E-state index contributed by atoms with van der Waals surface area (Å²) in [5, 5.41) is 13.9. The normalized spacial score (nSPS) is 27.9. The maximum absolute atomic E-state index is 13.3. The maximum atomic E-state index is 13.3. The minimum atomic E-state index is -0.267. The van der Waals surface area contributed by atoms with Gasteiger partial charge in [0.05, 0.1) is 38.1 Å². The smallest absolute Gasteiger partial charge is 0.274 e. The van der Waals surface area contributed by atoms with E-state index in [-0.39, 0.29) is 29.7 Å². The number of nitrogens with zero attached hydrogens (tertiary/aromatic N) is 4. The number of nitrogens with one attached hydrogen (secondary N) is 3. The van der Waals surface area contributed by atoms with E-state index >= 15 is 0 Å². The van der Waals surface area contributed by atoms with Crippen LogP contribution >= 0.6 is 0 Å². The van der Waals surface area contributed by atoms with Crippen LogP contribution in [-0.2, 0) is 9.47 Å². The second-order valence-corrected chi connectivity index (χ2v) is 9.75. The molecule has 3 fully saturated rings. The topological polar surface area (TPSA) is 133 Å². The standard InChI is InChI=1S/C24H27N7O5/c1-34-17-5-4-15(17)28-23(32)12-9-26-31-21(12)29-20(19-22(31)25-6-8-36-19)27-16-3-2-7-30(24(16)33)18-13-10-35-11-14(13)18/h2-3,7,9,13-15,17-18,25H,4-6,8,10-11H2,1H3,(H,27,29)(H,28,32)/t13-,14+,15-,17-,18?/m1/s1. The average Bonchev–Trinajstić information content (AvgIpc) is 3.20. The monoisotopic (exact) mass is 493 g/mol. The van der Waals surface area contributed by atoms with Crippen LogP contribution in [0.1, 0.15) is 29.2 Å². The lowest BCUT2D eigenvalue weighted by molar-refractivity contribution is 0.00732. The van der Waals surface area contributed by atoms with Gasteiger partial charge in [0.2, 0.25) is 5.75 Å². The van der Waals surface area contributed by atoms with Gasteiger partial charge in [-0.1, -0.05) is 0 Å². The van der Waals surface area contributed by atoms with E-state index < -0.39 is 0 Å². The SMILES string of the molecule is CO[C@@H]1CC[C@H]1NC(=O)c1cnn2c3c(c(Nc4cccn(C5[C@H]6COC[C@@H]56)c4=O)nc12)OCCN3. The Labute approximate surface area is 205 Å². The van der Waals surface area contributed by atoms with E-state index in [1.54, 1.807) is 22.3 Å². The van der Waals surface area contributed by atoms with Crippen molar-refractivity contribution in [3.8, 4) is 5.75 Å². The molecular formula is C24H27N7O5. The van der Waals surface area contributed by atoms with E-state index in [2.05, 4.69) is 21.0 Å². The molecule has 3 aromatic rings. The Kier molecular flexibility index (Phi) is 4.93. The van der Waals surface area contributed by atoms with Crippen LogP contribution < -0.4 is 26.2 Å². The van der Waals surface area contributed by atoms with E-state index in [0.29, 0.717) is 72.5 Å². The van der Waals surface area contributed by atoms with Crippen molar-refractivity contribution in [1.82, 2.24) is 24.5 Å². The Morgan fingerprint density at radius 3 is 2.92 bits per heavy atom. The van der Waals surface area contributed by atoms with Crippen molar-refractivity contribution in [3.63, 3.8) is 0 Å². The molecule has 3 N–H and O–H groups in total. The summed E-state index contributed by atoms with van der Waals surface area (Å²) in [6.07, 6.45) is 5.13. The molecule has 12 heteroatoms. The summed E-state index contributed by atoms with van der Waals surface area (Å²) in [7, 11) is 1.65. The first-order chi connectivity index (χ1) is 17.6. The Balaban J connectivity index is 1.24. The maximum Gasteiger partial charge on any atom is 0.274 e. The third-order valence-corrected chi connectivity index (χ3v) is 7.77. The molecule has 2 aliphatic heterocycles. The Morgan fingerprint density at radius 2 is 2.14 bits per heavy atom. The molecule has 3 aromatic heterocycles. The third kappa shape index (κ3) is 3.28. The Bertz CT molecular complexity index is 1410. The van der Waals surface area contributed by atoms with Crippen molar-refractivity contribution in [1.29, 1.82) is 0 Å². The fraction of sp³-hybridized carbons (Fsp3) is 0.500. The number of methoxy groups -OCH3 is 1. The molecule has 1 saturated heterocycles. The Hall–Kier alpha value is -3.64. The zero-order valence-electron chi connectivity index (χ0n) is 19.8. The zero-order valence-corrected chi connectivity index (χ0v) is 19.8.